The van der Waals surface area contributed by atoms with Gasteiger partial charge in [-0.3, -0.25) is 4.90 Å². The monoisotopic (exact) mass is 162 g/mol. The predicted molar refractivity (Wildman–Crippen MR) is 40.4 cm³/mol. The standard InChI is InChI=1S/C7H16NO3/c1-3-8(4-2)5-10-7-11-6-9/h3-7H2,1-2H3. The van der Waals surface area contributed by atoms with Crippen molar-refractivity contribution in [3.05, 3.63) is 0 Å². The smallest absolute Gasteiger partial charge is 0.183 e. The van der Waals surface area contributed by atoms with E-state index in [4.69, 9.17) is 4.74 Å². The Bertz CT molecular complexity index is 76.1. The number of rotatable bonds is 7. The highest BCUT2D eigenvalue weighted by molar-refractivity contribution is 4.41. The second-order valence-electron chi connectivity index (χ2n) is 2.08. The lowest BCUT2D eigenvalue weighted by atomic mass is 10.6. The summed E-state index contributed by atoms with van der Waals surface area (Å²) in [6.07, 6.45) is 0. The Hall–Kier alpha value is -0.160. The largest absolute Gasteiger partial charge is 0.340 e. The molecule has 1 radical (unpaired) electrons. The molecular formula is C7H16NO3. The third-order valence-electron chi connectivity index (χ3n) is 1.42. The third-order valence-corrected chi connectivity index (χ3v) is 1.42. The molecule has 0 bridgehead atoms. The first-order valence-electron chi connectivity index (χ1n) is 3.81. The van der Waals surface area contributed by atoms with E-state index in [0.29, 0.717) is 6.73 Å². The molecule has 0 spiro atoms. The van der Waals surface area contributed by atoms with Crippen LogP contribution in [0.3, 0.4) is 0 Å². The van der Waals surface area contributed by atoms with Crippen LogP contribution in [0, 0.1) is 0 Å². The van der Waals surface area contributed by atoms with Crippen LogP contribution in [-0.4, -0.2) is 38.3 Å². The van der Waals surface area contributed by atoms with Gasteiger partial charge in [-0.2, -0.15) is 0 Å². The summed E-state index contributed by atoms with van der Waals surface area (Å²) in [6.45, 7) is 6.12. The first kappa shape index (κ1) is 10.8. The SMILES string of the molecule is CCN(CC)COCOC[O]. The minimum absolute atomic E-state index is 0.0972. The van der Waals surface area contributed by atoms with Gasteiger partial charge in [0.15, 0.2) is 13.6 Å². The van der Waals surface area contributed by atoms with Gasteiger partial charge in [-0.15, -0.1) is 0 Å². The Morgan fingerprint density at radius 1 is 1.18 bits per heavy atom. The van der Waals surface area contributed by atoms with Crippen LogP contribution >= 0.6 is 0 Å². The first-order valence-corrected chi connectivity index (χ1v) is 3.81. The minimum Gasteiger partial charge on any atom is -0.340 e. The van der Waals surface area contributed by atoms with Gasteiger partial charge in [0.1, 0.15) is 6.73 Å². The Morgan fingerprint density at radius 2 is 1.82 bits per heavy atom. The molecule has 0 fully saturated rings. The first-order chi connectivity index (χ1) is 5.35. The van der Waals surface area contributed by atoms with Gasteiger partial charge in [-0.05, 0) is 13.1 Å². The van der Waals surface area contributed by atoms with E-state index < -0.39 is 6.79 Å². The zero-order valence-corrected chi connectivity index (χ0v) is 7.21. The van der Waals surface area contributed by atoms with Crippen LogP contribution < -0.4 is 0 Å². The number of hydrogen-bond donors (Lipinski definition) is 0. The van der Waals surface area contributed by atoms with E-state index in [2.05, 4.69) is 23.5 Å². The molecule has 0 aliphatic heterocycles. The van der Waals surface area contributed by atoms with E-state index in [1.807, 2.05) is 0 Å². The molecule has 0 aromatic rings. The van der Waals surface area contributed by atoms with Gasteiger partial charge in [0.2, 0.25) is 0 Å². The Balaban J connectivity index is 3.07. The second kappa shape index (κ2) is 7.94. The molecule has 0 saturated heterocycles. The van der Waals surface area contributed by atoms with Crippen LogP contribution in [0.5, 0.6) is 0 Å². The lowest BCUT2D eigenvalue weighted by Crippen LogP contribution is -2.26. The highest BCUT2D eigenvalue weighted by Gasteiger charge is 1.96. The summed E-state index contributed by atoms with van der Waals surface area (Å²) >= 11 is 0. The molecule has 0 heterocycles. The second-order valence-corrected chi connectivity index (χ2v) is 2.08. The van der Waals surface area contributed by atoms with Crippen molar-refractivity contribution in [2.45, 2.75) is 13.8 Å². The third kappa shape index (κ3) is 6.25. The maximum absolute atomic E-state index is 9.80. The van der Waals surface area contributed by atoms with Crippen LogP contribution in [0.25, 0.3) is 0 Å². The van der Waals surface area contributed by atoms with E-state index >= 15 is 0 Å². The molecule has 4 heteroatoms. The van der Waals surface area contributed by atoms with E-state index in [9.17, 15) is 5.11 Å². The summed E-state index contributed by atoms with van der Waals surface area (Å²) in [5, 5.41) is 9.80. The summed E-state index contributed by atoms with van der Waals surface area (Å²) in [5.74, 6) is 0. The van der Waals surface area contributed by atoms with Crippen LogP contribution in [0.4, 0.5) is 0 Å². The summed E-state index contributed by atoms with van der Waals surface area (Å²) in [7, 11) is 0. The molecule has 0 rings (SSSR count). The molecule has 0 N–H and O–H groups in total. The fourth-order valence-corrected chi connectivity index (χ4v) is 0.665. The maximum atomic E-state index is 9.80. The lowest BCUT2D eigenvalue weighted by molar-refractivity contribution is -0.145. The van der Waals surface area contributed by atoms with Gasteiger partial charge in [-0.25, -0.2) is 5.11 Å². The molecule has 67 valence electrons. The molecular weight excluding hydrogens is 146 g/mol. The van der Waals surface area contributed by atoms with Crippen molar-refractivity contribution in [1.82, 2.24) is 4.90 Å². The van der Waals surface area contributed by atoms with Crippen molar-refractivity contribution in [2.24, 2.45) is 0 Å². The normalized spacial score (nSPS) is 10.9. The van der Waals surface area contributed by atoms with Crippen LogP contribution in [0.2, 0.25) is 0 Å². The van der Waals surface area contributed by atoms with E-state index in [-0.39, 0.29) is 6.79 Å². The highest BCUT2D eigenvalue weighted by Crippen LogP contribution is 1.87. The molecule has 11 heavy (non-hydrogen) atoms. The van der Waals surface area contributed by atoms with Gasteiger partial charge < -0.3 is 9.47 Å². The molecule has 0 unspecified atom stereocenters. The van der Waals surface area contributed by atoms with E-state index in [1.54, 1.807) is 0 Å². The summed E-state index contributed by atoms with van der Waals surface area (Å²) in [5.41, 5.74) is 0. The van der Waals surface area contributed by atoms with Crippen LogP contribution in [0.1, 0.15) is 13.8 Å². The molecule has 4 nitrogen and oxygen atoms in total. The summed E-state index contributed by atoms with van der Waals surface area (Å²) in [4.78, 5) is 2.09. The van der Waals surface area contributed by atoms with Gasteiger partial charge in [0.25, 0.3) is 0 Å². The lowest BCUT2D eigenvalue weighted by Gasteiger charge is -2.17. The quantitative estimate of drug-likeness (QED) is 0.408. The van der Waals surface area contributed by atoms with E-state index in [0.717, 1.165) is 13.1 Å². The zero-order chi connectivity index (χ0) is 8.53. The fourth-order valence-electron chi connectivity index (χ4n) is 0.665. The van der Waals surface area contributed by atoms with Gasteiger partial charge in [0.05, 0.1) is 0 Å². The van der Waals surface area contributed by atoms with Crippen molar-refractivity contribution < 1.29 is 14.6 Å². The van der Waals surface area contributed by atoms with Gasteiger partial charge in [-0.1, -0.05) is 13.8 Å². The minimum atomic E-state index is -0.530. The van der Waals surface area contributed by atoms with Crippen molar-refractivity contribution in [2.75, 3.05) is 33.4 Å². The van der Waals surface area contributed by atoms with Crippen molar-refractivity contribution in [3.63, 3.8) is 0 Å². The molecule has 0 aromatic heterocycles. The number of hydrogen-bond acceptors (Lipinski definition) is 3. The highest BCUT2D eigenvalue weighted by atomic mass is 16.7. The average molecular weight is 162 g/mol. The van der Waals surface area contributed by atoms with Crippen molar-refractivity contribution in [1.29, 1.82) is 0 Å². The van der Waals surface area contributed by atoms with Crippen LogP contribution in [0.15, 0.2) is 0 Å². The molecule has 0 aliphatic rings. The molecule has 0 aromatic carbocycles. The number of nitrogens with zero attached hydrogens (tertiary/aromatic N) is 1. The molecule has 0 aliphatic carbocycles. The molecule has 0 amide bonds. The predicted octanol–water partition coefficient (Wildman–Crippen LogP) is 0.664. The topological polar surface area (TPSA) is 41.6 Å². The zero-order valence-electron chi connectivity index (χ0n) is 7.21. The number of ether oxygens (including phenoxy) is 2. The van der Waals surface area contributed by atoms with Gasteiger partial charge >= 0.3 is 0 Å². The average Bonchev–Trinajstić information content (AvgIpc) is 2.05. The summed E-state index contributed by atoms with van der Waals surface area (Å²) < 4.78 is 9.49. The Morgan fingerprint density at radius 3 is 2.27 bits per heavy atom. The Kier molecular flexibility index (Phi) is 7.83. The van der Waals surface area contributed by atoms with Crippen LogP contribution in [-0.2, 0) is 14.6 Å². The van der Waals surface area contributed by atoms with Gasteiger partial charge in [0, 0.05) is 0 Å². The maximum Gasteiger partial charge on any atom is 0.183 e. The summed E-state index contributed by atoms with van der Waals surface area (Å²) in [6, 6.07) is 0. The van der Waals surface area contributed by atoms with Crippen molar-refractivity contribution >= 4 is 0 Å². The molecule has 0 saturated carbocycles. The van der Waals surface area contributed by atoms with Crippen molar-refractivity contribution in [3.8, 4) is 0 Å². The molecule has 0 atom stereocenters. The Labute approximate surface area is 67.7 Å². The van der Waals surface area contributed by atoms with E-state index in [1.165, 1.54) is 0 Å². The fraction of sp³-hybridized carbons (Fsp3) is 1.00.